The molecule has 0 bridgehead atoms. The number of hydrogen-bond acceptors (Lipinski definition) is 6. The van der Waals surface area contributed by atoms with Crippen molar-refractivity contribution in [3.8, 4) is 0 Å². The summed E-state index contributed by atoms with van der Waals surface area (Å²) in [5.74, 6) is -1.42. The Morgan fingerprint density at radius 3 is 1.55 bits per heavy atom. The van der Waals surface area contributed by atoms with Crippen molar-refractivity contribution in [3.05, 3.63) is 37.5 Å². The van der Waals surface area contributed by atoms with E-state index in [2.05, 4.69) is 13.2 Å². The van der Waals surface area contributed by atoms with Gasteiger partial charge in [-0.25, -0.2) is 9.59 Å². The molecule has 2 unspecified atom stereocenters. The molecule has 0 aromatic carbocycles. The Hall–Kier alpha value is -1.92. The van der Waals surface area contributed by atoms with Crippen molar-refractivity contribution >= 4 is 11.9 Å². The van der Waals surface area contributed by atoms with Gasteiger partial charge in [-0.1, -0.05) is 12.2 Å². The molecule has 0 saturated heterocycles. The van der Waals surface area contributed by atoms with Crippen LogP contribution in [-0.4, -0.2) is 37.7 Å². The molecule has 6 nitrogen and oxygen atoms in total. The normalized spacial score (nSPS) is 13.5. The Kier molecular flexibility index (Phi) is 9.90. The van der Waals surface area contributed by atoms with Crippen LogP contribution in [0.5, 0.6) is 0 Å². The first kappa shape index (κ1) is 18.1. The van der Waals surface area contributed by atoms with Gasteiger partial charge < -0.3 is 18.9 Å². The van der Waals surface area contributed by atoms with Crippen molar-refractivity contribution in [2.75, 3.05) is 13.2 Å². The quantitative estimate of drug-likeness (QED) is 0.263. The van der Waals surface area contributed by atoms with Crippen LogP contribution in [0.1, 0.15) is 13.8 Å². The third kappa shape index (κ3) is 10.0. The molecular weight excluding hydrogens is 264 g/mol. The first-order chi connectivity index (χ1) is 9.49. The van der Waals surface area contributed by atoms with Gasteiger partial charge in [0.1, 0.15) is 0 Å². The molecule has 112 valence electrons. The van der Waals surface area contributed by atoms with Crippen molar-refractivity contribution in [1.29, 1.82) is 0 Å². The SMILES string of the molecule is C=CCOC(C)OC(=O)/C=C\C(=O)OC(C)OCC=C. The Morgan fingerprint density at radius 2 is 1.25 bits per heavy atom. The zero-order chi connectivity index (χ0) is 15.4. The fourth-order valence-corrected chi connectivity index (χ4v) is 1.02. The average Bonchev–Trinajstić information content (AvgIpc) is 2.40. The molecule has 0 aliphatic rings. The van der Waals surface area contributed by atoms with Gasteiger partial charge in [-0.05, 0) is 13.8 Å². The summed E-state index contributed by atoms with van der Waals surface area (Å²) < 4.78 is 19.7. The van der Waals surface area contributed by atoms with Crippen LogP contribution < -0.4 is 0 Å². The van der Waals surface area contributed by atoms with Gasteiger partial charge in [-0.3, -0.25) is 0 Å². The minimum absolute atomic E-state index is 0.262. The maximum atomic E-state index is 11.3. The zero-order valence-electron chi connectivity index (χ0n) is 11.7. The predicted octanol–water partition coefficient (Wildman–Crippen LogP) is 1.73. The molecule has 0 aromatic rings. The van der Waals surface area contributed by atoms with Gasteiger partial charge in [0.25, 0.3) is 0 Å². The second-order valence-corrected chi connectivity index (χ2v) is 3.59. The molecule has 0 saturated carbocycles. The minimum Gasteiger partial charge on any atom is -0.433 e. The predicted molar refractivity (Wildman–Crippen MR) is 72.5 cm³/mol. The van der Waals surface area contributed by atoms with Crippen LogP contribution in [0.2, 0.25) is 0 Å². The van der Waals surface area contributed by atoms with Crippen molar-refractivity contribution in [2.45, 2.75) is 26.4 Å². The Bertz CT molecular complexity index is 327. The van der Waals surface area contributed by atoms with E-state index in [0.717, 1.165) is 12.2 Å². The van der Waals surface area contributed by atoms with Gasteiger partial charge in [0.2, 0.25) is 12.6 Å². The fourth-order valence-electron chi connectivity index (χ4n) is 1.02. The minimum atomic E-state index is -0.726. The number of carbonyl (C=O) groups is 2. The highest BCUT2D eigenvalue weighted by Crippen LogP contribution is 1.98. The largest absolute Gasteiger partial charge is 0.433 e. The molecule has 0 spiro atoms. The van der Waals surface area contributed by atoms with E-state index in [9.17, 15) is 9.59 Å². The lowest BCUT2D eigenvalue weighted by atomic mass is 10.5. The van der Waals surface area contributed by atoms with Crippen LogP contribution in [0.3, 0.4) is 0 Å². The fraction of sp³-hybridized carbons (Fsp3) is 0.429. The van der Waals surface area contributed by atoms with Crippen LogP contribution in [0.15, 0.2) is 37.5 Å². The first-order valence-electron chi connectivity index (χ1n) is 6.04. The zero-order valence-corrected chi connectivity index (χ0v) is 11.7. The molecule has 6 heteroatoms. The summed E-state index contributed by atoms with van der Waals surface area (Å²) in [6, 6.07) is 0. The average molecular weight is 284 g/mol. The lowest BCUT2D eigenvalue weighted by Gasteiger charge is -2.12. The molecule has 0 aliphatic heterocycles. The number of esters is 2. The summed E-state index contributed by atoms with van der Waals surface area (Å²) in [6.45, 7) is 10.6. The molecule has 0 fully saturated rings. The maximum Gasteiger partial charge on any atom is 0.333 e. The van der Waals surface area contributed by atoms with E-state index in [1.807, 2.05) is 0 Å². The second kappa shape index (κ2) is 11.0. The Labute approximate surface area is 118 Å². The molecule has 0 rings (SSSR count). The lowest BCUT2D eigenvalue weighted by Crippen LogP contribution is -2.18. The topological polar surface area (TPSA) is 71.1 Å². The summed E-state index contributed by atoms with van der Waals surface area (Å²) in [5.41, 5.74) is 0. The van der Waals surface area contributed by atoms with E-state index in [0.29, 0.717) is 0 Å². The molecular formula is C14H20O6. The Morgan fingerprint density at radius 1 is 0.900 bits per heavy atom. The Balaban J connectivity index is 4.01. The number of ether oxygens (including phenoxy) is 4. The van der Waals surface area contributed by atoms with E-state index in [1.165, 1.54) is 12.2 Å². The lowest BCUT2D eigenvalue weighted by molar-refractivity contribution is -0.169. The third-order valence-electron chi connectivity index (χ3n) is 1.82. The van der Waals surface area contributed by atoms with Gasteiger partial charge >= 0.3 is 11.9 Å². The highest BCUT2D eigenvalue weighted by molar-refractivity contribution is 5.91. The van der Waals surface area contributed by atoms with Crippen molar-refractivity contribution in [3.63, 3.8) is 0 Å². The van der Waals surface area contributed by atoms with Crippen molar-refractivity contribution in [1.82, 2.24) is 0 Å². The molecule has 0 heterocycles. The molecule has 0 aromatic heterocycles. The first-order valence-corrected chi connectivity index (χ1v) is 6.04. The highest BCUT2D eigenvalue weighted by Gasteiger charge is 2.09. The maximum absolute atomic E-state index is 11.3. The van der Waals surface area contributed by atoms with Gasteiger partial charge in [0.15, 0.2) is 0 Å². The van der Waals surface area contributed by atoms with Crippen LogP contribution >= 0.6 is 0 Å². The summed E-state index contributed by atoms with van der Waals surface area (Å²) in [6.07, 6.45) is 3.52. The molecule has 0 amide bonds. The number of rotatable bonds is 10. The van der Waals surface area contributed by atoms with Crippen LogP contribution in [-0.2, 0) is 28.5 Å². The monoisotopic (exact) mass is 284 g/mol. The number of carbonyl (C=O) groups excluding carboxylic acids is 2. The van der Waals surface area contributed by atoms with Gasteiger partial charge in [0.05, 0.1) is 13.2 Å². The summed E-state index contributed by atoms with van der Waals surface area (Å²) >= 11 is 0. The smallest absolute Gasteiger partial charge is 0.333 e. The van der Waals surface area contributed by atoms with E-state index in [-0.39, 0.29) is 13.2 Å². The van der Waals surface area contributed by atoms with Crippen LogP contribution in [0, 0.1) is 0 Å². The molecule has 0 N–H and O–H groups in total. The second-order valence-electron chi connectivity index (χ2n) is 3.59. The van der Waals surface area contributed by atoms with Gasteiger partial charge in [-0.2, -0.15) is 0 Å². The summed E-state index contributed by atoms with van der Waals surface area (Å²) in [5, 5.41) is 0. The third-order valence-corrected chi connectivity index (χ3v) is 1.82. The molecule has 2 atom stereocenters. The van der Waals surface area contributed by atoms with Crippen molar-refractivity contribution in [2.24, 2.45) is 0 Å². The summed E-state index contributed by atoms with van der Waals surface area (Å²) in [7, 11) is 0. The number of hydrogen-bond donors (Lipinski definition) is 0. The van der Waals surface area contributed by atoms with Gasteiger partial charge in [0, 0.05) is 12.2 Å². The van der Waals surface area contributed by atoms with E-state index >= 15 is 0 Å². The van der Waals surface area contributed by atoms with E-state index in [1.54, 1.807) is 13.8 Å². The van der Waals surface area contributed by atoms with Crippen molar-refractivity contribution < 1.29 is 28.5 Å². The molecule has 20 heavy (non-hydrogen) atoms. The molecule has 0 aliphatic carbocycles. The van der Waals surface area contributed by atoms with E-state index in [4.69, 9.17) is 18.9 Å². The summed E-state index contributed by atoms with van der Waals surface area (Å²) in [4.78, 5) is 22.6. The van der Waals surface area contributed by atoms with Crippen LogP contribution in [0.25, 0.3) is 0 Å². The molecule has 0 radical (unpaired) electrons. The highest BCUT2D eigenvalue weighted by atomic mass is 16.7. The van der Waals surface area contributed by atoms with Gasteiger partial charge in [-0.15, -0.1) is 13.2 Å². The standard InChI is InChI=1S/C14H20O6/c1-5-9-17-11(3)19-13(15)7-8-14(16)20-12(4)18-10-6-2/h5-8,11-12H,1-2,9-10H2,3-4H3/b8-7-. The van der Waals surface area contributed by atoms with E-state index < -0.39 is 24.5 Å². The van der Waals surface area contributed by atoms with Crippen LogP contribution in [0.4, 0.5) is 0 Å².